The Morgan fingerprint density at radius 3 is 2.57 bits per heavy atom. The lowest BCUT2D eigenvalue weighted by atomic mass is 10.0. The number of carbonyl (C=O) groups excluding carboxylic acids is 1. The number of hydrogen-bond donors (Lipinski definition) is 3. The summed E-state index contributed by atoms with van der Waals surface area (Å²) < 4.78 is 5.42. The van der Waals surface area contributed by atoms with Gasteiger partial charge in [-0.1, -0.05) is 31.5 Å². The summed E-state index contributed by atoms with van der Waals surface area (Å²) in [6.07, 6.45) is 1.32. The van der Waals surface area contributed by atoms with Crippen LogP contribution in [0.2, 0.25) is 0 Å². The molecule has 116 valence electrons. The van der Waals surface area contributed by atoms with Gasteiger partial charge in [0.05, 0.1) is 12.5 Å². The standard InChI is InChI=1S/C15H22N2O4/c1-2-6-12(14(18)19)11-17-15(20)16-9-10-21-13-7-4-3-5-8-13/h3-5,7-8,12H,2,6,9-11H2,1H3,(H,18,19)(H2,16,17,20). The second kappa shape index (κ2) is 9.63. The van der Waals surface area contributed by atoms with Crippen LogP contribution in [0, 0.1) is 5.92 Å². The third kappa shape index (κ3) is 7.20. The normalized spacial score (nSPS) is 11.5. The van der Waals surface area contributed by atoms with Crippen molar-refractivity contribution in [3.8, 4) is 5.75 Å². The predicted molar refractivity (Wildman–Crippen MR) is 79.4 cm³/mol. The first-order valence-electron chi connectivity index (χ1n) is 7.05. The van der Waals surface area contributed by atoms with Gasteiger partial charge in [0.25, 0.3) is 0 Å². The fraction of sp³-hybridized carbons (Fsp3) is 0.467. The predicted octanol–water partition coefficient (Wildman–Crippen LogP) is 1.87. The lowest BCUT2D eigenvalue weighted by molar-refractivity contribution is -0.141. The highest BCUT2D eigenvalue weighted by molar-refractivity contribution is 5.75. The van der Waals surface area contributed by atoms with E-state index < -0.39 is 11.9 Å². The molecule has 21 heavy (non-hydrogen) atoms. The summed E-state index contributed by atoms with van der Waals surface area (Å²) in [7, 11) is 0. The highest BCUT2D eigenvalue weighted by Crippen LogP contribution is 2.07. The van der Waals surface area contributed by atoms with Gasteiger partial charge in [0.15, 0.2) is 0 Å². The summed E-state index contributed by atoms with van der Waals surface area (Å²) in [5.41, 5.74) is 0. The minimum Gasteiger partial charge on any atom is -0.492 e. The van der Waals surface area contributed by atoms with E-state index in [0.29, 0.717) is 19.6 Å². The number of carbonyl (C=O) groups is 2. The largest absolute Gasteiger partial charge is 0.492 e. The lowest BCUT2D eigenvalue weighted by Crippen LogP contribution is -2.41. The molecule has 3 N–H and O–H groups in total. The van der Waals surface area contributed by atoms with Crippen molar-refractivity contribution in [2.75, 3.05) is 19.7 Å². The van der Waals surface area contributed by atoms with Gasteiger partial charge in [-0.15, -0.1) is 0 Å². The molecule has 1 aromatic carbocycles. The van der Waals surface area contributed by atoms with Gasteiger partial charge in [-0.05, 0) is 18.6 Å². The molecule has 0 saturated carbocycles. The molecular formula is C15H22N2O4. The Morgan fingerprint density at radius 1 is 1.24 bits per heavy atom. The van der Waals surface area contributed by atoms with Gasteiger partial charge >= 0.3 is 12.0 Å². The van der Waals surface area contributed by atoms with Crippen molar-refractivity contribution in [3.63, 3.8) is 0 Å². The van der Waals surface area contributed by atoms with Crippen LogP contribution in [0.3, 0.4) is 0 Å². The molecule has 1 rings (SSSR count). The van der Waals surface area contributed by atoms with E-state index in [1.54, 1.807) is 0 Å². The number of ether oxygens (including phenoxy) is 1. The number of urea groups is 1. The summed E-state index contributed by atoms with van der Waals surface area (Å²) in [5.74, 6) is -0.681. The average Bonchev–Trinajstić information content (AvgIpc) is 2.48. The quantitative estimate of drug-likeness (QED) is 0.607. The Hall–Kier alpha value is -2.24. The Balaban J connectivity index is 2.15. The number of amides is 2. The van der Waals surface area contributed by atoms with Gasteiger partial charge in [-0.3, -0.25) is 4.79 Å². The number of para-hydroxylation sites is 1. The maximum Gasteiger partial charge on any atom is 0.314 e. The number of nitrogens with one attached hydrogen (secondary N) is 2. The molecule has 0 aliphatic heterocycles. The Kier molecular flexibility index (Phi) is 7.71. The molecule has 2 amide bonds. The number of rotatable bonds is 9. The molecule has 6 nitrogen and oxygen atoms in total. The molecule has 0 spiro atoms. The second-order valence-corrected chi connectivity index (χ2v) is 4.62. The van der Waals surface area contributed by atoms with Crippen molar-refractivity contribution < 1.29 is 19.4 Å². The van der Waals surface area contributed by atoms with E-state index in [1.807, 2.05) is 37.3 Å². The van der Waals surface area contributed by atoms with Crippen molar-refractivity contribution in [2.45, 2.75) is 19.8 Å². The molecular weight excluding hydrogens is 272 g/mol. The summed E-state index contributed by atoms with van der Waals surface area (Å²) >= 11 is 0. The smallest absolute Gasteiger partial charge is 0.314 e. The van der Waals surface area contributed by atoms with Crippen molar-refractivity contribution >= 4 is 12.0 Å². The number of benzene rings is 1. The zero-order valence-corrected chi connectivity index (χ0v) is 12.2. The van der Waals surface area contributed by atoms with E-state index in [2.05, 4.69) is 10.6 Å². The van der Waals surface area contributed by atoms with Crippen LogP contribution in [0.1, 0.15) is 19.8 Å². The van der Waals surface area contributed by atoms with Crippen molar-refractivity contribution in [1.82, 2.24) is 10.6 Å². The van der Waals surface area contributed by atoms with E-state index in [-0.39, 0.29) is 12.6 Å². The number of carboxylic acids is 1. The molecule has 0 heterocycles. The van der Waals surface area contributed by atoms with Gasteiger partial charge < -0.3 is 20.5 Å². The molecule has 0 saturated heterocycles. The van der Waals surface area contributed by atoms with Crippen LogP contribution in [0.4, 0.5) is 4.79 Å². The highest BCUT2D eigenvalue weighted by Gasteiger charge is 2.16. The fourth-order valence-corrected chi connectivity index (χ4v) is 1.79. The molecule has 0 fully saturated rings. The van der Waals surface area contributed by atoms with Crippen molar-refractivity contribution in [1.29, 1.82) is 0 Å². The summed E-state index contributed by atoms with van der Waals surface area (Å²) in [5, 5.41) is 14.1. The van der Waals surface area contributed by atoms with Gasteiger partial charge in [-0.25, -0.2) is 4.79 Å². The Bertz CT molecular complexity index is 437. The summed E-state index contributed by atoms with van der Waals surface area (Å²) in [6, 6.07) is 8.93. The summed E-state index contributed by atoms with van der Waals surface area (Å²) in [6.45, 7) is 2.76. The van der Waals surface area contributed by atoms with E-state index in [4.69, 9.17) is 9.84 Å². The number of carboxylic acid groups (broad SMARTS) is 1. The molecule has 0 aliphatic rings. The first kappa shape index (κ1) is 16.8. The van der Waals surface area contributed by atoms with Gasteiger partial charge in [-0.2, -0.15) is 0 Å². The van der Waals surface area contributed by atoms with Crippen molar-refractivity contribution in [3.05, 3.63) is 30.3 Å². The van der Waals surface area contributed by atoms with E-state index in [0.717, 1.165) is 12.2 Å². The topological polar surface area (TPSA) is 87.7 Å². The van der Waals surface area contributed by atoms with Crippen LogP contribution in [0.5, 0.6) is 5.75 Å². The third-order valence-corrected chi connectivity index (χ3v) is 2.89. The average molecular weight is 294 g/mol. The molecule has 1 atom stereocenters. The third-order valence-electron chi connectivity index (χ3n) is 2.89. The Labute approximate surface area is 124 Å². The molecule has 1 aromatic rings. The monoisotopic (exact) mass is 294 g/mol. The summed E-state index contributed by atoms with van der Waals surface area (Å²) in [4.78, 5) is 22.4. The fourth-order valence-electron chi connectivity index (χ4n) is 1.79. The minimum atomic E-state index is -0.885. The highest BCUT2D eigenvalue weighted by atomic mass is 16.5. The van der Waals surface area contributed by atoms with E-state index >= 15 is 0 Å². The van der Waals surface area contributed by atoms with Crippen LogP contribution < -0.4 is 15.4 Å². The van der Waals surface area contributed by atoms with E-state index in [9.17, 15) is 9.59 Å². The maximum atomic E-state index is 11.5. The molecule has 0 aliphatic carbocycles. The minimum absolute atomic E-state index is 0.133. The van der Waals surface area contributed by atoms with Crippen LogP contribution in [0.25, 0.3) is 0 Å². The van der Waals surface area contributed by atoms with Gasteiger partial charge in [0.1, 0.15) is 12.4 Å². The van der Waals surface area contributed by atoms with E-state index in [1.165, 1.54) is 0 Å². The van der Waals surface area contributed by atoms with Crippen LogP contribution >= 0.6 is 0 Å². The Morgan fingerprint density at radius 2 is 1.95 bits per heavy atom. The zero-order chi connectivity index (χ0) is 15.5. The number of hydrogen-bond acceptors (Lipinski definition) is 3. The zero-order valence-electron chi connectivity index (χ0n) is 12.2. The lowest BCUT2D eigenvalue weighted by Gasteiger charge is -2.13. The first-order chi connectivity index (χ1) is 10.1. The van der Waals surface area contributed by atoms with Crippen LogP contribution in [0.15, 0.2) is 30.3 Å². The molecule has 0 radical (unpaired) electrons. The van der Waals surface area contributed by atoms with Gasteiger partial charge in [0.2, 0.25) is 0 Å². The number of aliphatic carboxylic acids is 1. The first-order valence-corrected chi connectivity index (χ1v) is 7.05. The second-order valence-electron chi connectivity index (χ2n) is 4.62. The van der Waals surface area contributed by atoms with Crippen LogP contribution in [-0.4, -0.2) is 36.8 Å². The SMILES string of the molecule is CCCC(CNC(=O)NCCOc1ccccc1)C(=O)O. The maximum absolute atomic E-state index is 11.5. The van der Waals surface area contributed by atoms with Gasteiger partial charge in [0, 0.05) is 6.54 Å². The molecule has 1 unspecified atom stereocenters. The van der Waals surface area contributed by atoms with Crippen LogP contribution in [-0.2, 0) is 4.79 Å². The van der Waals surface area contributed by atoms with Crippen molar-refractivity contribution in [2.24, 2.45) is 5.92 Å². The molecule has 6 heteroatoms. The molecule has 0 aromatic heterocycles. The molecule has 0 bridgehead atoms.